The van der Waals surface area contributed by atoms with Crippen LogP contribution in [0.1, 0.15) is 18.1 Å². The standard InChI is InChI=1S/C13H18N2O2/c1-5-17-13(16)12(9-15(3)4)11-6-10(2)7-14-8-11/h6-9H,5H2,1-4H3. The molecule has 4 heteroatoms. The predicted octanol–water partition coefficient (Wildman–Crippen LogP) is 1.86. The summed E-state index contributed by atoms with van der Waals surface area (Å²) in [6.07, 6.45) is 5.16. The molecular weight excluding hydrogens is 216 g/mol. The zero-order valence-corrected chi connectivity index (χ0v) is 10.7. The Hall–Kier alpha value is -1.84. The molecule has 0 aromatic carbocycles. The lowest BCUT2D eigenvalue weighted by Gasteiger charge is -2.11. The maximum Gasteiger partial charge on any atom is 0.340 e. The first kappa shape index (κ1) is 13.2. The molecule has 1 aromatic heterocycles. The zero-order valence-electron chi connectivity index (χ0n) is 10.7. The Morgan fingerprint density at radius 3 is 2.71 bits per heavy atom. The van der Waals surface area contributed by atoms with Crippen molar-refractivity contribution in [2.24, 2.45) is 0 Å². The largest absolute Gasteiger partial charge is 0.462 e. The Kier molecular flexibility index (Phi) is 4.69. The Balaban J connectivity index is 3.11. The van der Waals surface area contributed by atoms with Crippen LogP contribution in [-0.4, -0.2) is 36.6 Å². The van der Waals surface area contributed by atoms with E-state index in [1.165, 1.54) is 0 Å². The summed E-state index contributed by atoms with van der Waals surface area (Å²) in [7, 11) is 3.73. The maximum absolute atomic E-state index is 11.8. The summed E-state index contributed by atoms with van der Waals surface area (Å²) in [5.41, 5.74) is 2.31. The van der Waals surface area contributed by atoms with Crippen LogP contribution >= 0.6 is 0 Å². The molecule has 0 radical (unpaired) electrons. The minimum absolute atomic E-state index is 0.325. The van der Waals surface area contributed by atoms with Crippen molar-refractivity contribution < 1.29 is 9.53 Å². The van der Waals surface area contributed by atoms with E-state index in [-0.39, 0.29) is 5.97 Å². The van der Waals surface area contributed by atoms with Crippen molar-refractivity contribution in [3.8, 4) is 0 Å². The van der Waals surface area contributed by atoms with E-state index in [9.17, 15) is 4.79 Å². The highest BCUT2D eigenvalue weighted by atomic mass is 16.5. The van der Waals surface area contributed by atoms with Gasteiger partial charge in [0.15, 0.2) is 0 Å². The van der Waals surface area contributed by atoms with E-state index >= 15 is 0 Å². The number of ether oxygens (including phenoxy) is 1. The number of hydrogen-bond acceptors (Lipinski definition) is 4. The summed E-state index contributed by atoms with van der Waals surface area (Å²) in [5.74, 6) is -0.325. The van der Waals surface area contributed by atoms with Gasteiger partial charge >= 0.3 is 5.97 Å². The third-order valence-corrected chi connectivity index (χ3v) is 2.07. The van der Waals surface area contributed by atoms with Crippen LogP contribution < -0.4 is 0 Å². The topological polar surface area (TPSA) is 42.4 Å². The van der Waals surface area contributed by atoms with Crippen molar-refractivity contribution in [1.29, 1.82) is 0 Å². The van der Waals surface area contributed by atoms with E-state index in [1.54, 1.807) is 25.5 Å². The fourth-order valence-electron chi connectivity index (χ4n) is 1.41. The lowest BCUT2D eigenvalue weighted by atomic mass is 10.1. The molecule has 0 saturated carbocycles. The van der Waals surface area contributed by atoms with Gasteiger partial charge in [0, 0.05) is 38.3 Å². The van der Waals surface area contributed by atoms with Crippen molar-refractivity contribution in [3.05, 3.63) is 35.8 Å². The molecule has 1 rings (SSSR count). The Bertz CT molecular complexity index is 425. The lowest BCUT2D eigenvalue weighted by molar-refractivity contribution is -0.136. The first-order valence-electron chi connectivity index (χ1n) is 5.52. The number of hydrogen-bond donors (Lipinski definition) is 0. The van der Waals surface area contributed by atoms with Crippen LogP contribution in [0.3, 0.4) is 0 Å². The SMILES string of the molecule is CCOC(=O)C(=CN(C)C)c1cncc(C)c1. The number of carbonyl (C=O) groups excluding carboxylic acids is 1. The van der Waals surface area contributed by atoms with Gasteiger partial charge in [-0.3, -0.25) is 4.98 Å². The van der Waals surface area contributed by atoms with Crippen molar-refractivity contribution in [1.82, 2.24) is 9.88 Å². The second kappa shape index (κ2) is 6.03. The van der Waals surface area contributed by atoms with Crippen LogP contribution in [0.2, 0.25) is 0 Å². The van der Waals surface area contributed by atoms with Crippen LogP contribution in [-0.2, 0) is 9.53 Å². The fraction of sp³-hybridized carbons (Fsp3) is 0.385. The van der Waals surface area contributed by atoms with Crippen molar-refractivity contribution in [2.75, 3.05) is 20.7 Å². The Labute approximate surface area is 102 Å². The number of nitrogens with zero attached hydrogens (tertiary/aromatic N) is 2. The molecule has 0 aliphatic heterocycles. The molecule has 17 heavy (non-hydrogen) atoms. The average Bonchev–Trinajstić information content (AvgIpc) is 2.26. The third-order valence-electron chi connectivity index (χ3n) is 2.07. The second-order valence-corrected chi connectivity index (χ2v) is 3.98. The van der Waals surface area contributed by atoms with E-state index in [4.69, 9.17) is 4.74 Å². The summed E-state index contributed by atoms with van der Waals surface area (Å²) in [4.78, 5) is 17.7. The summed E-state index contributed by atoms with van der Waals surface area (Å²) in [6.45, 7) is 4.09. The Morgan fingerprint density at radius 1 is 1.47 bits per heavy atom. The second-order valence-electron chi connectivity index (χ2n) is 3.98. The monoisotopic (exact) mass is 234 g/mol. The predicted molar refractivity (Wildman–Crippen MR) is 67.3 cm³/mol. The van der Waals surface area contributed by atoms with Gasteiger partial charge < -0.3 is 9.64 Å². The van der Waals surface area contributed by atoms with Crippen molar-refractivity contribution >= 4 is 11.5 Å². The van der Waals surface area contributed by atoms with Gasteiger partial charge in [-0.2, -0.15) is 0 Å². The van der Waals surface area contributed by atoms with Gasteiger partial charge in [-0.15, -0.1) is 0 Å². The molecule has 1 aromatic rings. The number of pyridine rings is 1. The van der Waals surface area contributed by atoms with E-state index in [0.29, 0.717) is 12.2 Å². The first-order chi connectivity index (χ1) is 8.04. The van der Waals surface area contributed by atoms with Gasteiger partial charge in [-0.25, -0.2) is 4.79 Å². The number of carbonyl (C=O) groups is 1. The quantitative estimate of drug-likeness (QED) is 0.589. The zero-order chi connectivity index (χ0) is 12.8. The van der Waals surface area contributed by atoms with Crippen molar-refractivity contribution in [2.45, 2.75) is 13.8 Å². The van der Waals surface area contributed by atoms with Crippen LogP contribution in [0, 0.1) is 6.92 Å². The molecule has 0 bridgehead atoms. The summed E-state index contributed by atoms with van der Waals surface area (Å²) in [5, 5.41) is 0. The molecule has 0 spiro atoms. The summed E-state index contributed by atoms with van der Waals surface area (Å²) >= 11 is 0. The fourth-order valence-corrected chi connectivity index (χ4v) is 1.41. The van der Waals surface area contributed by atoms with Crippen molar-refractivity contribution in [3.63, 3.8) is 0 Å². The molecule has 0 N–H and O–H groups in total. The van der Waals surface area contributed by atoms with Crippen LogP contribution in [0.5, 0.6) is 0 Å². The van der Waals surface area contributed by atoms with Crippen LogP contribution in [0.25, 0.3) is 5.57 Å². The molecule has 0 fully saturated rings. The van der Waals surface area contributed by atoms with E-state index in [2.05, 4.69) is 4.98 Å². The summed E-state index contributed by atoms with van der Waals surface area (Å²) in [6, 6.07) is 1.92. The van der Waals surface area contributed by atoms with Crippen LogP contribution in [0.15, 0.2) is 24.7 Å². The normalized spacial score (nSPS) is 11.2. The highest BCUT2D eigenvalue weighted by molar-refractivity contribution is 6.16. The summed E-state index contributed by atoms with van der Waals surface area (Å²) < 4.78 is 5.04. The number of aryl methyl sites for hydroxylation is 1. The number of rotatable bonds is 4. The van der Waals surface area contributed by atoms with E-state index in [0.717, 1.165) is 11.1 Å². The molecule has 0 saturated heterocycles. The van der Waals surface area contributed by atoms with E-state index in [1.807, 2.05) is 32.0 Å². The minimum Gasteiger partial charge on any atom is -0.462 e. The lowest BCUT2D eigenvalue weighted by Crippen LogP contribution is -2.12. The molecule has 0 unspecified atom stereocenters. The number of esters is 1. The third kappa shape index (κ3) is 3.90. The van der Waals surface area contributed by atoms with Gasteiger partial charge in [0.2, 0.25) is 0 Å². The molecule has 0 aliphatic carbocycles. The first-order valence-corrected chi connectivity index (χ1v) is 5.52. The average molecular weight is 234 g/mol. The van der Waals surface area contributed by atoms with Gasteiger partial charge in [0.25, 0.3) is 0 Å². The molecule has 1 heterocycles. The van der Waals surface area contributed by atoms with Gasteiger partial charge in [-0.1, -0.05) is 0 Å². The number of aromatic nitrogens is 1. The smallest absolute Gasteiger partial charge is 0.340 e. The van der Waals surface area contributed by atoms with Gasteiger partial charge in [0.05, 0.1) is 12.2 Å². The molecule has 92 valence electrons. The van der Waals surface area contributed by atoms with Gasteiger partial charge in [0.1, 0.15) is 0 Å². The maximum atomic E-state index is 11.8. The molecular formula is C13H18N2O2. The highest BCUT2D eigenvalue weighted by Crippen LogP contribution is 2.16. The van der Waals surface area contributed by atoms with Crippen LogP contribution in [0.4, 0.5) is 0 Å². The Morgan fingerprint density at radius 2 is 2.18 bits per heavy atom. The molecule has 4 nitrogen and oxygen atoms in total. The minimum atomic E-state index is -0.325. The van der Waals surface area contributed by atoms with E-state index < -0.39 is 0 Å². The molecule has 0 aliphatic rings. The van der Waals surface area contributed by atoms with Gasteiger partial charge in [-0.05, 0) is 25.5 Å². The molecule has 0 atom stereocenters. The highest BCUT2D eigenvalue weighted by Gasteiger charge is 2.14. The molecule has 0 amide bonds.